The summed E-state index contributed by atoms with van der Waals surface area (Å²) in [5, 5.41) is 6.72. The number of anilines is 1. The highest BCUT2D eigenvalue weighted by Crippen LogP contribution is 2.22. The zero-order chi connectivity index (χ0) is 22.2. The van der Waals surface area contributed by atoms with E-state index in [9.17, 15) is 4.39 Å². The molecule has 0 unspecified atom stereocenters. The monoisotopic (exact) mass is 433 g/mol. The minimum absolute atomic E-state index is 0.206. The third kappa shape index (κ3) is 6.11. The molecule has 0 saturated carbocycles. The maximum Gasteiger partial charge on any atom is 0.223 e. The molecule has 168 valence electrons. The highest BCUT2D eigenvalue weighted by atomic mass is 19.1. The van der Waals surface area contributed by atoms with Gasteiger partial charge in [0.05, 0.1) is 5.69 Å². The molecule has 1 saturated heterocycles. The first kappa shape index (κ1) is 22.4. The molecule has 1 fully saturated rings. The van der Waals surface area contributed by atoms with E-state index in [1.807, 2.05) is 12.1 Å². The first-order valence-corrected chi connectivity index (χ1v) is 11.6. The van der Waals surface area contributed by atoms with E-state index in [0.29, 0.717) is 25.0 Å². The lowest BCUT2D eigenvalue weighted by Gasteiger charge is -2.34. The normalized spacial score (nSPS) is 14.6. The van der Waals surface area contributed by atoms with E-state index >= 15 is 0 Å². The molecule has 0 aliphatic carbocycles. The topological polar surface area (TPSA) is 53.1 Å². The molecule has 4 rings (SSSR count). The van der Waals surface area contributed by atoms with Crippen molar-refractivity contribution in [3.8, 4) is 11.3 Å². The fourth-order valence-corrected chi connectivity index (χ4v) is 4.35. The molecule has 2 aromatic carbocycles. The van der Waals surface area contributed by atoms with Gasteiger partial charge < -0.3 is 10.6 Å². The van der Waals surface area contributed by atoms with Gasteiger partial charge in [-0.2, -0.15) is 0 Å². The van der Waals surface area contributed by atoms with Gasteiger partial charge in [0.2, 0.25) is 5.95 Å². The number of benzene rings is 2. The van der Waals surface area contributed by atoms with E-state index in [4.69, 9.17) is 4.98 Å². The Hall–Kier alpha value is -2.83. The second-order valence-corrected chi connectivity index (χ2v) is 8.32. The van der Waals surface area contributed by atoms with Gasteiger partial charge >= 0.3 is 0 Å². The van der Waals surface area contributed by atoms with Crippen molar-refractivity contribution in [1.29, 1.82) is 0 Å². The standard InChI is InChI=1S/C26H32FN5/c1-2-32(24-10-13-28-14-11-24)19-21-6-3-7-22(17-21)25-12-16-30-26(31-25)29-15-9-20-5-4-8-23(27)18-20/h3-8,12,16-18,24,28H,2,9-11,13-15,19H2,1H3,(H,29,30,31). The smallest absolute Gasteiger partial charge is 0.223 e. The Morgan fingerprint density at radius 1 is 1.06 bits per heavy atom. The van der Waals surface area contributed by atoms with E-state index in [1.165, 1.54) is 24.5 Å². The Kier molecular flexibility index (Phi) is 7.80. The molecule has 0 bridgehead atoms. The molecule has 6 heteroatoms. The van der Waals surface area contributed by atoms with Crippen molar-refractivity contribution in [2.75, 3.05) is 31.5 Å². The maximum atomic E-state index is 13.3. The molecule has 32 heavy (non-hydrogen) atoms. The van der Waals surface area contributed by atoms with Crippen molar-refractivity contribution >= 4 is 5.95 Å². The van der Waals surface area contributed by atoms with E-state index in [-0.39, 0.29) is 5.82 Å². The minimum Gasteiger partial charge on any atom is -0.354 e. The van der Waals surface area contributed by atoms with Crippen LogP contribution in [0.2, 0.25) is 0 Å². The third-order valence-corrected chi connectivity index (χ3v) is 6.08. The Bertz CT molecular complexity index is 1000. The molecular formula is C26H32FN5. The lowest BCUT2D eigenvalue weighted by atomic mass is 10.0. The van der Waals surface area contributed by atoms with Crippen LogP contribution in [-0.2, 0) is 13.0 Å². The number of nitrogens with one attached hydrogen (secondary N) is 2. The zero-order valence-corrected chi connectivity index (χ0v) is 18.7. The quantitative estimate of drug-likeness (QED) is 0.520. The average molecular weight is 434 g/mol. The van der Waals surface area contributed by atoms with Crippen LogP contribution in [0.15, 0.2) is 60.8 Å². The van der Waals surface area contributed by atoms with Crippen LogP contribution in [0, 0.1) is 5.82 Å². The maximum absolute atomic E-state index is 13.3. The van der Waals surface area contributed by atoms with Gasteiger partial charge in [-0.1, -0.05) is 37.3 Å². The summed E-state index contributed by atoms with van der Waals surface area (Å²) in [6.45, 7) is 7.13. The summed E-state index contributed by atoms with van der Waals surface area (Å²) in [7, 11) is 0. The fourth-order valence-electron chi connectivity index (χ4n) is 4.35. The number of hydrogen-bond donors (Lipinski definition) is 2. The van der Waals surface area contributed by atoms with Crippen LogP contribution >= 0.6 is 0 Å². The molecule has 0 spiro atoms. The van der Waals surface area contributed by atoms with Gasteiger partial charge in [-0.25, -0.2) is 14.4 Å². The molecule has 2 N–H and O–H groups in total. The predicted octanol–water partition coefficient (Wildman–Crippen LogP) is 4.51. The second kappa shape index (κ2) is 11.2. The van der Waals surface area contributed by atoms with Crippen LogP contribution in [0.25, 0.3) is 11.3 Å². The van der Waals surface area contributed by atoms with Crippen molar-refractivity contribution in [2.24, 2.45) is 0 Å². The van der Waals surface area contributed by atoms with E-state index in [1.54, 1.807) is 18.3 Å². The first-order valence-electron chi connectivity index (χ1n) is 11.6. The van der Waals surface area contributed by atoms with E-state index in [2.05, 4.69) is 51.7 Å². The summed E-state index contributed by atoms with van der Waals surface area (Å²) in [5.41, 5.74) is 4.26. The summed E-state index contributed by atoms with van der Waals surface area (Å²) in [6, 6.07) is 17.9. The van der Waals surface area contributed by atoms with Crippen LogP contribution < -0.4 is 10.6 Å². The Morgan fingerprint density at radius 2 is 1.88 bits per heavy atom. The van der Waals surface area contributed by atoms with Crippen molar-refractivity contribution < 1.29 is 4.39 Å². The number of rotatable bonds is 9. The molecule has 0 radical (unpaired) electrons. The molecule has 0 amide bonds. The summed E-state index contributed by atoms with van der Waals surface area (Å²) >= 11 is 0. The van der Waals surface area contributed by atoms with Crippen LogP contribution in [0.1, 0.15) is 30.9 Å². The number of halogens is 1. The number of aromatic nitrogens is 2. The molecule has 1 aliphatic rings. The summed E-state index contributed by atoms with van der Waals surface area (Å²) < 4.78 is 13.3. The average Bonchev–Trinajstić information content (AvgIpc) is 2.83. The molecule has 5 nitrogen and oxygen atoms in total. The van der Waals surface area contributed by atoms with Crippen LogP contribution in [-0.4, -0.2) is 47.1 Å². The summed E-state index contributed by atoms with van der Waals surface area (Å²) in [4.78, 5) is 11.6. The molecule has 1 aliphatic heterocycles. The number of nitrogens with zero attached hydrogens (tertiary/aromatic N) is 3. The first-order chi connectivity index (χ1) is 15.7. The van der Waals surface area contributed by atoms with E-state index < -0.39 is 0 Å². The number of hydrogen-bond acceptors (Lipinski definition) is 5. The van der Waals surface area contributed by atoms with Crippen molar-refractivity contribution in [1.82, 2.24) is 20.2 Å². The Morgan fingerprint density at radius 3 is 2.69 bits per heavy atom. The van der Waals surface area contributed by atoms with Crippen molar-refractivity contribution in [3.05, 3.63) is 77.7 Å². The number of piperidine rings is 1. The van der Waals surface area contributed by atoms with Crippen LogP contribution in [0.4, 0.5) is 10.3 Å². The van der Waals surface area contributed by atoms with Crippen molar-refractivity contribution in [3.63, 3.8) is 0 Å². The lowest BCUT2D eigenvalue weighted by molar-refractivity contribution is 0.162. The SMILES string of the molecule is CCN(Cc1cccc(-c2ccnc(NCCc3cccc(F)c3)n2)c1)C1CCNCC1. The van der Waals surface area contributed by atoms with Gasteiger partial charge in [-0.3, -0.25) is 4.90 Å². The van der Waals surface area contributed by atoms with Crippen molar-refractivity contribution in [2.45, 2.75) is 38.8 Å². The van der Waals surface area contributed by atoms with Gasteiger partial charge in [-0.15, -0.1) is 0 Å². The minimum atomic E-state index is -0.206. The second-order valence-electron chi connectivity index (χ2n) is 8.32. The molecule has 2 heterocycles. The molecular weight excluding hydrogens is 401 g/mol. The predicted molar refractivity (Wildman–Crippen MR) is 128 cm³/mol. The lowest BCUT2D eigenvalue weighted by Crippen LogP contribution is -2.42. The van der Waals surface area contributed by atoms with Crippen LogP contribution in [0.5, 0.6) is 0 Å². The zero-order valence-electron chi connectivity index (χ0n) is 18.7. The molecule has 1 aromatic heterocycles. The largest absolute Gasteiger partial charge is 0.354 e. The van der Waals surface area contributed by atoms with Crippen LogP contribution in [0.3, 0.4) is 0 Å². The Labute approximate surface area is 190 Å². The van der Waals surface area contributed by atoms with Gasteiger partial charge in [0.15, 0.2) is 0 Å². The van der Waals surface area contributed by atoms with E-state index in [0.717, 1.165) is 43.0 Å². The highest BCUT2D eigenvalue weighted by Gasteiger charge is 2.19. The molecule has 3 aromatic rings. The fraction of sp³-hybridized carbons (Fsp3) is 0.385. The van der Waals surface area contributed by atoms with Gasteiger partial charge in [0, 0.05) is 30.9 Å². The molecule has 0 atom stereocenters. The summed E-state index contributed by atoms with van der Waals surface area (Å²) in [6.07, 6.45) is 4.92. The Balaban J connectivity index is 1.40. The van der Waals surface area contributed by atoms with Gasteiger partial charge in [0.25, 0.3) is 0 Å². The third-order valence-electron chi connectivity index (χ3n) is 6.08. The highest BCUT2D eigenvalue weighted by molar-refractivity contribution is 5.60. The van der Waals surface area contributed by atoms with Gasteiger partial charge in [0.1, 0.15) is 5.82 Å². The summed E-state index contributed by atoms with van der Waals surface area (Å²) in [5.74, 6) is 0.386. The van der Waals surface area contributed by atoms with Gasteiger partial charge in [-0.05, 0) is 74.3 Å².